The van der Waals surface area contributed by atoms with Crippen molar-refractivity contribution in [2.24, 2.45) is 0 Å². The fourth-order valence-electron chi connectivity index (χ4n) is 3.27. The number of ether oxygens (including phenoxy) is 2. The molecular weight excluding hydrogens is 350 g/mol. The van der Waals surface area contributed by atoms with Crippen LogP contribution in [0.25, 0.3) is 0 Å². The summed E-state index contributed by atoms with van der Waals surface area (Å²) in [4.78, 5) is 24.8. The van der Waals surface area contributed by atoms with Gasteiger partial charge < -0.3 is 25.2 Å². The molecule has 1 aliphatic rings. The fourth-order valence-corrected chi connectivity index (χ4v) is 3.27. The second-order valence-corrected chi connectivity index (χ2v) is 6.62. The van der Waals surface area contributed by atoms with Crippen molar-refractivity contribution in [3.05, 3.63) is 23.8 Å². The molecule has 1 aliphatic carbocycles. The van der Waals surface area contributed by atoms with E-state index in [-0.39, 0.29) is 24.7 Å². The van der Waals surface area contributed by atoms with Crippen LogP contribution in [0.4, 0.5) is 4.79 Å². The van der Waals surface area contributed by atoms with Crippen molar-refractivity contribution < 1.29 is 24.2 Å². The van der Waals surface area contributed by atoms with E-state index in [1.807, 2.05) is 30.0 Å². The Morgan fingerprint density at radius 1 is 1.22 bits per heavy atom. The first-order valence-corrected chi connectivity index (χ1v) is 9.17. The summed E-state index contributed by atoms with van der Waals surface area (Å²) in [6, 6.07) is 5.82. The summed E-state index contributed by atoms with van der Waals surface area (Å²) in [7, 11) is 3.19. The molecule has 1 fully saturated rings. The highest BCUT2D eigenvalue weighted by atomic mass is 16.5. The van der Waals surface area contributed by atoms with Crippen LogP contribution in [-0.4, -0.2) is 67.9 Å². The number of urea groups is 1. The van der Waals surface area contributed by atoms with Gasteiger partial charge in [0.15, 0.2) is 11.5 Å². The lowest BCUT2D eigenvalue weighted by atomic mass is 9.85. The number of nitrogens with one attached hydrogen (secondary N) is 2. The SMILES string of the molecule is CCN(CC(=O)O)C1CC(NC(=O)NCCc2ccc(OC)c(OC)c2)C1. The van der Waals surface area contributed by atoms with Crippen LogP contribution in [0.2, 0.25) is 0 Å². The van der Waals surface area contributed by atoms with Gasteiger partial charge in [-0.1, -0.05) is 13.0 Å². The monoisotopic (exact) mass is 379 g/mol. The van der Waals surface area contributed by atoms with Crippen LogP contribution in [0.1, 0.15) is 25.3 Å². The lowest BCUT2D eigenvalue weighted by Crippen LogP contribution is -2.56. The smallest absolute Gasteiger partial charge is 0.317 e. The molecule has 1 aromatic carbocycles. The van der Waals surface area contributed by atoms with Crippen molar-refractivity contribution in [2.75, 3.05) is 33.9 Å². The third-order valence-corrected chi connectivity index (χ3v) is 4.86. The number of likely N-dealkylation sites (N-methyl/N-ethyl adjacent to an activating group) is 1. The molecular formula is C19H29N3O5. The van der Waals surface area contributed by atoms with E-state index < -0.39 is 5.97 Å². The number of methoxy groups -OCH3 is 2. The number of hydrogen-bond donors (Lipinski definition) is 3. The van der Waals surface area contributed by atoms with Crippen LogP contribution in [0.5, 0.6) is 11.5 Å². The van der Waals surface area contributed by atoms with Gasteiger partial charge in [-0.2, -0.15) is 0 Å². The van der Waals surface area contributed by atoms with E-state index >= 15 is 0 Å². The van der Waals surface area contributed by atoms with Crippen molar-refractivity contribution in [1.29, 1.82) is 0 Å². The van der Waals surface area contributed by atoms with Crippen LogP contribution in [0.3, 0.4) is 0 Å². The van der Waals surface area contributed by atoms with Gasteiger partial charge in [0.1, 0.15) is 0 Å². The second kappa shape index (κ2) is 10.0. The quantitative estimate of drug-likeness (QED) is 0.569. The van der Waals surface area contributed by atoms with Gasteiger partial charge in [-0.05, 0) is 43.5 Å². The molecule has 27 heavy (non-hydrogen) atoms. The van der Waals surface area contributed by atoms with Gasteiger partial charge >= 0.3 is 12.0 Å². The van der Waals surface area contributed by atoms with Crippen LogP contribution < -0.4 is 20.1 Å². The van der Waals surface area contributed by atoms with Crippen LogP contribution in [-0.2, 0) is 11.2 Å². The number of carbonyl (C=O) groups excluding carboxylic acids is 1. The van der Waals surface area contributed by atoms with E-state index in [4.69, 9.17) is 14.6 Å². The van der Waals surface area contributed by atoms with Crippen molar-refractivity contribution in [3.8, 4) is 11.5 Å². The third-order valence-electron chi connectivity index (χ3n) is 4.86. The summed E-state index contributed by atoms with van der Waals surface area (Å²) < 4.78 is 10.5. The normalized spacial score (nSPS) is 18.5. The summed E-state index contributed by atoms with van der Waals surface area (Å²) >= 11 is 0. The van der Waals surface area contributed by atoms with E-state index in [1.54, 1.807) is 14.2 Å². The largest absolute Gasteiger partial charge is 0.493 e. The van der Waals surface area contributed by atoms with Gasteiger partial charge in [0.25, 0.3) is 0 Å². The van der Waals surface area contributed by atoms with Crippen LogP contribution in [0.15, 0.2) is 18.2 Å². The molecule has 0 unspecified atom stereocenters. The maximum Gasteiger partial charge on any atom is 0.317 e. The van der Waals surface area contributed by atoms with Gasteiger partial charge in [0.05, 0.1) is 20.8 Å². The Kier molecular flexibility index (Phi) is 7.72. The van der Waals surface area contributed by atoms with Crippen molar-refractivity contribution >= 4 is 12.0 Å². The third kappa shape index (κ3) is 6.02. The predicted octanol–water partition coefficient (Wildman–Crippen LogP) is 1.48. The fraction of sp³-hybridized carbons (Fsp3) is 0.579. The van der Waals surface area contributed by atoms with E-state index in [2.05, 4.69) is 10.6 Å². The van der Waals surface area contributed by atoms with E-state index in [1.165, 1.54) is 0 Å². The van der Waals surface area contributed by atoms with Crippen molar-refractivity contribution in [2.45, 2.75) is 38.3 Å². The Labute approximate surface area is 159 Å². The minimum absolute atomic E-state index is 0.0470. The Hall–Kier alpha value is -2.48. The van der Waals surface area contributed by atoms with Gasteiger partial charge in [-0.25, -0.2) is 4.79 Å². The van der Waals surface area contributed by atoms with Crippen molar-refractivity contribution in [3.63, 3.8) is 0 Å². The van der Waals surface area contributed by atoms with Crippen molar-refractivity contribution in [1.82, 2.24) is 15.5 Å². The molecule has 8 nitrogen and oxygen atoms in total. The molecule has 2 amide bonds. The first-order chi connectivity index (χ1) is 13.0. The number of rotatable bonds is 10. The molecule has 0 radical (unpaired) electrons. The molecule has 0 bridgehead atoms. The number of carboxylic acid groups (broad SMARTS) is 1. The Morgan fingerprint density at radius 2 is 1.93 bits per heavy atom. The summed E-state index contributed by atoms with van der Waals surface area (Å²) in [6.45, 7) is 3.20. The molecule has 3 N–H and O–H groups in total. The highest BCUT2D eigenvalue weighted by Gasteiger charge is 2.34. The standard InChI is InChI=1S/C19H29N3O5/c1-4-22(12-18(23)24)15-10-14(11-15)21-19(25)20-8-7-13-5-6-16(26-2)17(9-13)27-3/h5-6,9,14-15H,4,7-8,10-12H2,1-3H3,(H,23,24)(H2,20,21,25). The summed E-state index contributed by atoms with van der Waals surface area (Å²) in [6.07, 6.45) is 2.25. The first kappa shape index (κ1) is 20.8. The number of amides is 2. The van der Waals surface area contributed by atoms with Gasteiger partial charge in [-0.15, -0.1) is 0 Å². The highest BCUT2D eigenvalue weighted by molar-refractivity contribution is 5.74. The molecule has 1 aromatic rings. The summed E-state index contributed by atoms with van der Waals surface area (Å²) in [5.74, 6) is 0.526. The predicted molar refractivity (Wildman–Crippen MR) is 101 cm³/mol. The molecule has 8 heteroatoms. The molecule has 0 atom stereocenters. The first-order valence-electron chi connectivity index (χ1n) is 9.17. The molecule has 0 spiro atoms. The zero-order valence-corrected chi connectivity index (χ0v) is 16.2. The lowest BCUT2D eigenvalue weighted by molar-refractivity contribution is -0.139. The summed E-state index contributed by atoms with van der Waals surface area (Å²) in [5, 5.41) is 14.7. The van der Waals surface area contributed by atoms with Gasteiger partial charge in [0.2, 0.25) is 0 Å². The molecule has 0 aromatic heterocycles. The number of nitrogens with zero attached hydrogens (tertiary/aromatic N) is 1. The summed E-state index contributed by atoms with van der Waals surface area (Å²) in [5.41, 5.74) is 1.05. The van der Waals surface area contributed by atoms with E-state index in [9.17, 15) is 9.59 Å². The maximum atomic E-state index is 12.0. The molecule has 150 valence electrons. The lowest BCUT2D eigenvalue weighted by Gasteiger charge is -2.42. The number of benzene rings is 1. The minimum atomic E-state index is -0.818. The number of carboxylic acids is 1. The Bertz CT molecular complexity index is 646. The zero-order chi connectivity index (χ0) is 19.8. The highest BCUT2D eigenvalue weighted by Crippen LogP contribution is 2.27. The average molecular weight is 379 g/mol. The minimum Gasteiger partial charge on any atom is -0.493 e. The van der Waals surface area contributed by atoms with Crippen LogP contribution in [0, 0.1) is 0 Å². The average Bonchev–Trinajstić information content (AvgIpc) is 2.62. The zero-order valence-electron chi connectivity index (χ0n) is 16.2. The Balaban J connectivity index is 1.68. The van der Waals surface area contributed by atoms with Crippen LogP contribution >= 0.6 is 0 Å². The van der Waals surface area contributed by atoms with Gasteiger partial charge in [-0.3, -0.25) is 9.69 Å². The number of aliphatic carboxylic acids is 1. The topological polar surface area (TPSA) is 100 Å². The van der Waals surface area contributed by atoms with E-state index in [0.29, 0.717) is 31.0 Å². The molecule has 2 rings (SSSR count). The molecule has 0 heterocycles. The molecule has 0 aliphatic heterocycles. The molecule has 1 saturated carbocycles. The van der Waals surface area contributed by atoms with Gasteiger partial charge in [0, 0.05) is 18.6 Å². The molecule has 0 saturated heterocycles. The van der Waals surface area contributed by atoms with E-state index in [0.717, 1.165) is 18.4 Å². The maximum absolute atomic E-state index is 12.0. The number of carbonyl (C=O) groups is 2. The second-order valence-electron chi connectivity index (χ2n) is 6.62. The number of hydrogen-bond acceptors (Lipinski definition) is 5. The Morgan fingerprint density at radius 3 is 2.52 bits per heavy atom.